The Kier molecular flexibility index (Phi) is 9.00. The summed E-state index contributed by atoms with van der Waals surface area (Å²) in [6.45, 7) is 10.1. The highest BCUT2D eigenvalue weighted by atomic mass is 35.5. The quantitative estimate of drug-likeness (QED) is 0.513. The van der Waals surface area contributed by atoms with E-state index >= 15 is 0 Å². The second kappa shape index (κ2) is 12.1. The molecule has 0 spiro atoms. The van der Waals surface area contributed by atoms with Crippen molar-refractivity contribution in [3.63, 3.8) is 0 Å². The topological polar surface area (TPSA) is 105 Å². The number of hydrogen-bond donors (Lipinski definition) is 1. The van der Waals surface area contributed by atoms with Crippen molar-refractivity contribution < 1.29 is 14.3 Å². The molecule has 1 aromatic heterocycles. The van der Waals surface area contributed by atoms with Crippen molar-refractivity contribution in [1.29, 1.82) is 0 Å². The van der Waals surface area contributed by atoms with Crippen molar-refractivity contribution in [2.75, 3.05) is 50.5 Å². The Labute approximate surface area is 234 Å². The van der Waals surface area contributed by atoms with Crippen LogP contribution in [0.15, 0.2) is 18.2 Å². The van der Waals surface area contributed by atoms with E-state index in [1.54, 1.807) is 6.07 Å². The first-order valence-corrected chi connectivity index (χ1v) is 13.9. The molecular weight excluding hydrogens is 527 g/mol. The van der Waals surface area contributed by atoms with Gasteiger partial charge in [0.15, 0.2) is 22.5 Å². The van der Waals surface area contributed by atoms with Gasteiger partial charge in [0.05, 0.1) is 7.11 Å². The van der Waals surface area contributed by atoms with Crippen LogP contribution in [-0.4, -0.2) is 83.6 Å². The Morgan fingerprint density at radius 2 is 1.84 bits per heavy atom. The molecule has 0 saturated carbocycles. The number of piperidine rings is 1. The zero-order valence-electron chi connectivity index (χ0n) is 22.4. The highest BCUT2D eigenvalue weighted by Gasteiger charge is 2.35. The lowest BCUT2D eigenvalue weighted by Crippen LogP contribution is -2.58. The van der Waals surface area contributed by atoms with E-state index < -0.39 is 5.97 Å². The maximum Gasteiger partial charge on any atom is 0.360 e. The van der Waals surface area contributed by atoms with Crippen molar-refractivity contribution in [2.24, 2.45) is 0 Å². The predicted molar refractivity (Wildman–Crippen MR) is 150 cm³/mol. The summed E-state index contributed by atoms with van der Waals surface area (Å²) in [6.07, 6.45) is 2.81. The zero-order chi connectivity index (χ0) is 27.6. The van der Waals surface area contributed by atoms with Gasteiger partial charge in [0.25, 0.3) is 5.91 Å². The number of ether oxygens (including phenoxy) is 1. The van der Waals surface area contributed by atoms with E-state index in [1.807, 2.05) is 17.0 Å². The number of esters is 1. The molecule has 1 atom stereocenters. The largest absolute Gasteiger partial charge is 0.464 e. The minimum atomic E-state index is -0.666. The van der Waals surface area contributed by atoms with Gasteiger partial charge in [0.1, 0.15) is 0 Å². The molecule has 2 aromatic rings. The number of aromatic nitrogens is 2. The van der Waals surface area contributed by atoms with Crippen LogP contribution < -0.4 is 10.6 Å². The maximum atomic E-state index is 13.4. The third-order valence-corrected chi connectivity index (χ3v) is 8.12. The molecule has 38 heavy (non-hydrogen) atoms. The lowest BCUT2D eigenvalue weighted by molar-refractivity contribution is 0.0489. The molecule has 4 rings (SSSR count). The number of benzene rings is 1. The molecule has 0 radical (unpaired) electrons. The van der Waals surface area contributed by atoms with Crippen molar-refractivity contribution in [2.45, 2.75) is 58.0 Å². The number of carbonyl (C=O) groups is 2. The number of nitrogens with zero attached hydrogens (tertiary/aromatic N) is 5. The number of likely N-dealkylation sites (tertiary alicyclic amines) is 1. The third-order valence-electron chi connectivity index (χ3n) is 7.63. The van der Waals surface area contributed by atoms with Gasteiger partial charge in [0.2, 0.25) is 0 Å². The van der Waals surface area contributed by atoms with Crippen LogP contribution in [0.2, 0.25) is 10.2 Å². The van der Waals surface area contributed by atoms with E-state index in [9.17, 15) is 9.59 Å². The van der Waals surface area contributed by atoms with Crippen LogP contribution in [0.4, 0.5) is 11.6 Å². The number of anilines is 2. The molecular formula is C27H36Cl2N6O3. The summed E-state index contributed by atoms with van der Waals surface area (Å²) in [7, 11) is 1.26. The minimum absolute atomic E-state index is 0.00470. The molecule has 9 nitrogen and oxygen atoms in total. The number of nitrogen functional groups attached to an aromatic ring is 1. The van der Waals surface area contributed by atoms with Crippen molar-refractivity contribution in [3.05, 3.63) is 45.2 Å². The number of methoxy groups -OCH3 is 1. The Bertz CT molecular complexity index is 1190. The summed E-state index contributed by atoms with van der Waals surface area (Å²) < 4.78 is 4.71. The van der Waals surface area contributed by atoms with E-state index in [-0.39, 0.29) is 28.5 Å². The van der Waals surface area contributed by atoms with Crippen LogP contribution in [0.1, 0.15) is 72.4 Å². The van der Waals surface area contributed by atoms with Crippen molar-refractivity contribution in [1.82, 2.24) is 19.8 Å². The maximum absolute atomic E-state index is 13.4. The van der Waals surface area contributed by atoms with E-state index in [0.29, 0.717) is 29.5 Å². The summed E-state index contributed by atoms with van der Waals surface area (Å²) in [5, 5.41) is 0.792. The molecule has 11 heteroatoms. The van der Waals surface area contributed by atoms with Gasteiger partial charge in [-0.25, -0.2) is 14.8 Å². The minimum Gasteiger partial charge on any atom is -0.464 e. The number of carbonyl (C=O) groups excluding carboxylic acids is 2. The van der Waals surface area contributed by atoms with Gasteiger partial charge in [-0.2, -0.15) is 0 Å². The Balaban J connectivity index is 1.41. The molecule has 2 fully saturated rings. The highest BCUT2D eigenvalue weighted by molar-refractivity contribution is 6.32. The lowest BCUT2D eigenvalue weighted by Gasteiger charge is -2.47. The predicted octanol–water partition coefficient (Wildman–Crippen LogP) is 4.48. The highest BCUT2D eigenvalue weighted by Crippen LogP contribution is 2.31. The monoisotopic (exact) mass is 562 g/mol. The number of rotatable bonds is 6. The van der Waals surface area contributed by atoms with Gasteiger partial charge in [-0.1, -0.05) is 44.0 Å². The SMILES string of the molecule is CC[C@H]1CN(c2nc(N)c(C(=O)OC)nc2Cl)CCN1C1CCN(C(=O)c2ccc(Cl)cc2C(C)C)CC1. The van der Waals surface area contributed by atoms with Crippen LogP contribution in [-0.2, 0) is 4.74 Å². The van der Waals surface area contributed by atoms with E-state index in [4.69, 9.17) is 33.7 Å². The fourth-order valence-corrected chi connectivity index (χ4v) is 5.98. The lowest BCUT2D eigenvalue weighted by atomic mass is 9.94. The molecule has 206 valence electrons. The first-order valence-electron chi connectivity index (χ1n) is 13.1. The summed E-state index contributed by atoms with van der Waals surface area (Å²) >= 11 is 12.6. The smallest absolute Gasteiger partial charge is 0.360 e. The molecule has 2 saturated heterocycles. The Morgan fingerprint density at radius 3 is 2.47 bits per heavy atom. The van der Waals surface area contributed by atoms with Gasteiger partial charge in [-0.15, -0.1) is 0 Å². The molecule has 1 aromatic carbocycles. The third kappa shape index (κ3) is 5.84. The fourth-order valence-electron chi connectivity index (χ4n) is 5.55. The van der Waals surface area contributed by atoms with Gasteiger partial charge in [-0.05, 0) is 48.9 Å². The van der Waals surface area contributed by atoms with Crippen LogP contribution >= 0.6 is 23.2 Å². The molecule has 2 aliphatic heterocycles. The van der Waals surface area contributed by atoms with Gasteiger partial charge >= 0.3 is 5.97 Å². The van der Waals surface area contributed by atoms with Crippen molar-refractivity contribution >= 4 is 46.7 Å². The van der Waals surface area contributed by atoms with E-state index in [1.165, 1.54) is 7.11 Å². The molecule has 0 bridgehead atoms. The second-order valence-electron chi connectivity index (χ2n) is 10.2. The fraction of sp³-hybridized carbons (Fsp3) is 0.556. The zero-order valence-corrected chi connectivity index (χ0v) is 23.9. The van der Waals surface area contributed by atoms with E-state index in [2.05, 4.69) is 40.5 Å². The van der Waals surface area contributed by atoms with E-state index in [0.717, 1.165) is 56.6 Å². The molecule has 0 unspecified atom stereocenters. The summed E-state index contributed by atoms with van der Waals surface area (Å²) in [5.74, 6) is 0.129. The first-order chi connectivity index (χ1) is 18.1. The van der Waals surface area contributed by atoms with Gasteiger partial charge < -0.3 is 20.3 Å². The Morgan fingerprint density at radius 1 is 1.13 bits per heavy atom. The summed E-state index contributed by atoms with van der Waals surface area (Å²) in [6, 6.07) is 6.25. The molecule has 3 heterocycles. The second-order valence-corrected chi connectivity index (χ2v) is 11.0. The normalized spacial score (nSPS) is 19.2. The van der Waals surface area contributed by atoms with Gasteiger partial charge in [0, 0.05) is 55.4 Å². The van der Waals surface area contributed by atoms with Crippen LogP contribution in [0.5, 0.6) is 0 Å². The summed E-state index contributed by atoms with van der Waals surface area (Å²) in [5.41, 5.74) is 7.65. The van der Waals surface area contributed by atoms with Crippen LogP contribution in [0.3, 0.4) is 0 Å². The van der Waals surface area contributed by atoms with Crippen LogP contribution in [0.25, 0.3) is 0 Å². The number of halogens is 2. The van der Waals surface area contributed by atoms with Crippen molar-refractivity contribution in [3.8, 4) is 0 Å². The first kappa shape index (κ1) is 28.4. The number of nitrogens with two attached hydrogens (primary N) is 1. The average Bonchev–Trinajstić information content (AvgIpc) is 2.92. The number of piperazine rings is 1. The standard InChI is InChI=1S/C27H36Cl2N6O3/c1-5-18-15-34(25-23(29)31-22(24(30)32-25)27(37)38-4)12-13-35(18)19-8-10-33(11-9-19)26(36)20-7-6-17(28)14-21(20)16(2)3/h6-7,14,16,18-19H,5,8-13,15H2,1-4H3,(H2,30,32)/t18-/m0/s1. The number of hydrogen-bond acceptors (Lipinski definition) is 8. The molecule has 0 aliphatic carbocycles. The van der Waals surface area contributed by atoms with Gasteiger partial charge in [-0.3, -0.25) is 9.69 Å². The Hall–Kier alpha value is -2.62. The molecule has 2 aliphatic rings. The van der Waals surface area contributed by atoms with Crippen LogP contribution in [0, 0.1) is 0 Å². The molecule has 2 N–H and O–H groups in total. The average molecular weight is 564 g/mol. The number of amides is 1. The molecule has 1 amide bonds. The summed E-state index contributed by atoms with van der Waals surface area (Å²) in [4.78, 5) is 40.4.